The lowest BCUT2D eigenvalue weighted by Crippen LogP contribution is -2.25. The van der Waals surface area contributed by atoms with Crippen molar-refractivity contribution in [2.45, 2.75) is 31.3 Å². The Kier molecular flexibility index (Phi) is 6.93. The fraction of sp³-hybridized carbons (Fsp3) is 0.160. The molecule has 0 unspecified atom stereocenters. The Labute approximate surface area is 196 Å². The molecule has 1 heterocycles. The summed E-state index contributed by atoms with van der Waals surface area (Å²) in [6.07, 6.45) is 0. The molecule has 0 aliphatic carbocycles. The van der Waals surface area contributed by atoms with E-state index in [9.17, 15) is 4.79 Å². The van der Waals surface area contributed by atoms with Crippen LogP contribution in [-0.2, 0) is 12.3 Å². The molecule has 0 saturated heterocycles. The van der Waals surface area contributed by atoms with Crippen LogP contribution in [0.5, 0.6) is 0 Å². The Morgan fingerprint density at radius 3 is 2.50 bits per heavy atom. The van der Waals surface area contributed by atoms with Crippen molar-refractivity contribution in [2.75, 3.05) is 0 Å². The maximum atomic E-state index is 12.6. The number of rotatable bonds is 7. The van der Waals surface area contributed by atoms with Crippen LogP contribution in [0.1, 0.15) is 32.9 Å². The number of nitrogens with zero attached hydrogens (tertiary/aromatic N) is 3. The molecule has 1 aromatic heterocycles. The van der Waals surface area contributed by atoms with Gasteiger partial charge in [-0.3, -0.25) is 9.36 Å². The molecule has 1 amide bonds. The molecular weight excluding hydrogens is 440 g/mol. The minimum atomic E-state index is -0.247. The molecule has 0 bridgehead atoms. The number of hydrogen-bond donors (Lipinski definition) is 1. The van der Waals surface area contributed by atoms with E-state index in [1.807, 2.05) is 23.6 Å². The number of halogens is 1. The van der Waals surface area contributed by atoms with Gasteiger partial charge in [0.2, 0.25) is 0 Å². The lowest BCUT2D eigenvalue weighted by atomic mass is 10.2. The average Bonchev–Trinajstić information content (AvgIpc) is 3.20. The maximum absolute atomic E-state index is 12.6. The first-order valence-electron chi connectivity index (χ1n) is 10.2. The van der Waals surface area contributed by atoms with Crippen LogP contribution in [0.2, 0.25) is 5.02 Å². The monoisotopic (exact) mass is 462 g/mol. The summed E-state index contributed by atoms with van der Waals surface area (Å²) in [4.78, 5) is 12.6. The predicted molar refractivity (Wildman–Crippen MR) is 129 cm³/mol. The molecule has 4 aromatic rings. The van der Waals surface area contributed by atoms with Crippen molar-refractivity contribution in [2.24, 2.45) is 0 Å². The highest BCUT2D eigenvalue weighted by molar-refractivity contribution is 7.98. The second-order valence-electron chi connectivity index (χ2n) is 7.51. The number of carbonyl (C=O) groups excluding carboxylic acids is 1. The molecule has 162 valence electrons. The number of benzene rings is 3. The van der Waals surface area contributed by atoms with Crippen LogP contribution in [0.25, 0.3) is 5.69 Å². The zero-order valence-corrected chi connectivity index (χ0v) is 19.5. The largest absolute Gasteiger partial charge is 0.345 e. The Morgan fingerprint density at radius 1 is 0.969 bits per heavy atom. The van der Waals surface area contributed by atoms with Crippen molar-refractivity contribution in [3.05, 3.63) is 106 Å². The van der Waals surface area contributed by atoms with Crippen molar-refractivity contribution in [1.82, 2.24) is 20.1 Å². The minimum absolute atomic E-state index is 0.232. The van der Waals surface area contributed by atoms with Crippen LogP contribution < -0.4 is 5.32 Å². The zero-order chi connectivity index (χ0) is 22.5. The first kappa shape index (κ1) is 22.1. The van der Waals surface area contributed by atoms with Crippen molar-refractivity contribution in [3.63, 3.8) is 0 Å². The molecule has 1 N–H and O–H groups in total. The van der Waals surface area contributed by atoms with Gasteiger partial charge in [-0.25, -0.2) is 0 Å². The molecule has 0 saturated carbocycles. The van der Waals surface area contributed by atoms with E-state index in [4.69, 9.17) is 11.6 Å². The van der Waals surface area contributed by atoms with E-state index in [2.05, 4.69) is 58.8 Å². The summed E-state index contributed by atoms with van der Waals surface area (Å²) >= 11 is 7.78. The van der Waals surface area contributed by atoms with Crippen molar-refractivity contribution in [1.29, 1.82) is 0 Å². The van der Waals surface area contributed by atoms with Crippen molar-refractivity contribution >= 4 is 29.3 Å². The van der Waals surface area contributed by atoms with E-state index in [-0.39, 0.29) is 12.5 Å². The van der Waals surface area contributed by atoms with Gasteiger partial charge < -0.3 is 5.32 Å². The molecule has 4 rings (SSSR count). The number of thioether (sulfide) groups is 1. The van der Waals surface area contributed by atoms with Crippen LogP contribution in [0.3, 0.4) is 0 Å². The third-order valence-corrected chi connectivity index (χ3v) is 6.30. The number of carbonyl (C=O) groups is 1. The summed E-state index contributed by atoms with van der Waals surface area (Å²) < 4.78 is 1.99. The number of nitrogens with one attached hydrogen (secondary N) is 1. The van der Waals surface area contributed by atoms with E-state index in [1.165, 1.54) is 16.7 Å². The molecule has 3 aromatic carbocycles. The summed E-state index contributed by atoms with van der Waals surface area (Å²) in [6, 6.07) is 23.6. The van der Waals surface area contributed by atoms with Crippen LogP contribution in [0, 0.1) is 13.8 Å². The van der Waals surface area contributed by atoms with Crippen molar-refractivity contribution < 1.29 is 4.79 Å². The maximum Gasteiger partial charge on any atom is 0.253 e. The van der Waals surface area contributed by atoms with Gasteiger partial charge >= 0.3 is 0 Å². The molecular formula is C25H23ClN4OS. The van der Waals surface area contributed by atoms with Crippen LogP contribution >= 0.6 is 23.4 Å². The highest BCUT2D eigenvalue weighted by Crippen LogP contribution is 2.26. The molecule has 0 aliphatic heterocycles. The summed E-state index contributed by atoms with van der Waals surface area (Å²) in [5.74, 6) is 1.18. The van der Waals surface area contributed by atoms with Gasteiger partial charge in [-0.1, -0.05) is 83.0 Å². The Hall–Kier alpha value is -3.09. The van der Waals surface area contributed by atoms with E-state index < -0.39 is 0 Å². The Morgan fingerprint density at radius 2 is 1.75 bits per heavy atom. The summed E-state index contributed by atoms with van der Waals surface area (Å²) in [7, 11) is 0. The zero-order valence-electron chi connectivity index (χ0n) is 17.9. The third kappa shape index (κ3) is 5.21. The topological polar surface area (TPSA) is 59.8 Å². The molecule has 5 nitrogen and oxygen atoms in total. The molecule has 0 atom stereocenters. The fourth-order valence-electron chi connectivity index (χ4n) is 3.31. The van der Waals surface area contributed by atoms with E-state index in [1.54, 1.807) is 36.0 Å². The second kappa shape index (κ2) is 10.0. The number of aryl methyl sites for hydroxylation is 2. The van der Waals surface area contributed by atoms with Crippen LogP contribution in [0.15, 0.2) is 78.0 Å². The van der Waals surface area contributed by atoms with Gasteiger partial charge in [-0.15, -0.1) is 10.2 Å². The minimum Gasteiger partial charge on any atom is -0.345 e. The van der Waals surface area contributed by atoms with E-state index in [0.29, 0.717) is 16.4 Å². The third-order valence-electron chi connectivity index (χ3n) is 4.97. The van der Waals surface area contributed by atoms with Gasteiger partial charge in [-0.05, 0) is 43.7 Å². The highest BCUT2D eigenvalue weighted by atomic mass is 35.5. The van der Waals surface area contributed by atoms with E-state index in [0.717, 1.165) is 16.6 Å². The quantitative estimate of drug-likeness (QED) is 0.355. The van der Waals surface area contributed by atoms with E-state index >= 15 is 0 Å². The smallest absolute Gasteiger partial charge is 0.253 e. The molecule has 0 aliphatic rings. The Bertz CT molecular complexity index is 1240. The first-order valence-corrected chi connectivity index (χ1v) is 11.6. The van der Waals surface area contributed by atoms with Gasteiger partial charge in [0, 0.05) is 11.4 Å². The number of amides is 1. The molecule has 0 spiro atoms. The lowest BCUT2D eigenvalue weighted by molar-refractivity contribution is 0.0950. The molecule has 0 fully saturated rings. The summed E-state index contributed by atoms with van der Waals surface area (Å²) in [6.45, 7) is 4.37. The van der Waals surface area contributed by atoms with Crippen LogP contribution in [-0.4, -0.2) is 20.7 Å². The highest BCUT2D eigenvalue weighted by Gasteiger charge is 2.17. The first-order chi connectivity index (χ1) is 15.5. The SMILES string of the molecule is Cc1ccc(-n2c(CNC(=O)c3ccccc3Cl)nnc2SCc2cccc(C)c2)cc1. The van der Waals surface area contributed by atoms with Crippen molar-refractivity contribution in [3.8, 4) is 5.69 Å². The summed E-state index contributed by atoms with van der Waals surface area (Å²) in [5, 5.41) is 12.9. The number of aromatic nitrogens is 3. The predicted octanol–water partition coefficient (Wildman–Crippen LogP) is 5.76. The van der Waals surface area contributed by atoms with Gasteiger partial charge in [0.15, 0.2) is 11.0 Å². The van der Waals surface area contributed by atoms with Gasteiger partial charge in [0.05, 0.1) is 17.1 Å². The fourth-order valence-corrected chi connectivity index (χ4v) is 4.45. The molecule has 0 radical (unpaired) electrons. The van der Waals surface area contributed by atoms with Gasteiger partial charge in [0.1, 0.15) is 0 Å². The Balaban J connectivity index is 1.58. The van der Waals surface area contributed by atoms with Gasteiger partial charge in [-0.2, -0.15) is 0 Å². The molecule has 32 heavy (non-hydrogen) atoms. The van der Waals surface area contributed by atoms with Crippen LogP contribution in [0.4, 0.5) is 0 Å². The second-order valence-corrected chi connectivity index (χ2v) is 8.86. The average molecular weight is 463 g/mol. The molecule has 7 heteroatoms. The normalized spacial score (nSPS) is 10.8. The van der Waals surface area contributed by atoms with Gasteiger partial charge in [0.25, 0.3) is 5.91 Å². The standard InChI is InChI=1S/C25H23ClN4OS/c1-17-10-12-20(13-11-17)30-23(15-27-24(31)21-8-3-4-9-22(21)26)28-29-25(30)32-16-19-7-5-6-18(2)14-19/h3-14H,15-16H2,1-2H3,(H,27,31). The summed E-state index contributed by atoms with van der Waals surface area (Å²) in [5.41, 5.74) is 5.01. The lowest BCUT2D eigenvalue weighted by Gasteiger charge is -2.12. The number of hydrogen-bond acceptors (Lipinski definition) is 4.